The Morgan fingerprint density at radius 2 is 1.90 bits per heavy atom. The number of hydrogen-bond acceptors (Lipinski definition) is 4. The highest BCUT2D eigenvalue weighted by Crippen LogP contribution is 2.28. The normalized spacial score (nSPS) is 18.2. The van der Waals surface area contributed by atoms with Crippen LogP contribution < -0.4 is 5.32 Å². The fourth-order valence-electron chi connectivity index (χ4n) is 4.20. The molecule has 7 heteroatoms. The number of piperidine rings is 1. The maximum Gasteiger partial charge on any atom is 0.255 e. The highest BCUT2D eigenvalue weighted by Gasteiger charge is 2.39. The van der Waals surface area contributed by atoms with E-state index in [0.29, 0.717) is 37.8 Å². The lowest BCUT2D eigenvalue weighted by Crippen LogP contribution is -2.52. The molecule has 2 heterocycles. The molecule has 0 saturated carbocycles. The molecule has 0 spiro atoms. The number of Topliss-reactive ketones (excluding diaryl/α,β-unsaturated/α-hetero) is 1. The highest BCUT2D eigenvalue weighted by molar-refractivity contribution is 9.10. The van der Waals surface area contributed by atoms with E-state index in [9.17, 15) is 19.2 Å². The third kappa shape index (κ3) is 4.61. The number of ketones is 1. The standard InChI is InChI=1S/C24H23BrN2O4/c1-14-10-16(4-7-20(14)25)12-18(28)5-2-15-3-6-19-17(11-15)13-27(24(19)31)21-8-9-22(29)26-23(21)30/h3-4,6-7,10-11,21H,2,5,8-9,12-13H2,1H3,(H,26,29,30). The molecule has 160 valence electrons. The van der Waals surface area contributed by atoms with E-state index in [-0.39, 0.29) is 24.0 Å². The molecule has 1 unspecified atom stereocenters. The molecule has 0 aromatic heterocycles. The molecule has 1 saturated heterocycles. The Morgan fingerprint density at radius 1 is 1.13 bits per heavy atom. The third-order valence-electron chi connectivity index (χ3n) is 5.90. The quantitative estimate of drug-likeness (QED) is 0.640. The van der Waals surface area contributed by atoms with E-state index in [2.05, 4.69) is 21.2 Å². The summed E-state index contributed by atoms with van der Waals surface area (Å²) in [4.78, 5) is 50.3. The predicted octanol–water partition coefficient (Wildman–Crippen LogP) is 3.26. The molecule has 2 aliphatic rings. The maximum absolute atomic E-state index is 12.8. The number of halogens is 1. The van der Waals surface area contributed by atoms with Crippen LogP contribution in [0.15, 0.2) is 40.9 Å². The van der Waals surface area contributed by atoms with Crippen molar-refractivity contribution < 1.29 is 19.2 Å². The van der Waals surface area contributed by atoms with Crippen LogP contribution in [0.3, 0.4) is 0 Å². The van der Waals surface area contributed by atoms with Gasteiger partial charge in [-0.05, 0) is 54.2 Å². The minimum Gasteiger partial charge on any atom is -0.322 e. The first-order valence-corrected chi connectivity index (χ1v) is 11.1. The minimum atomic E-state index is -0.614. The summed E-state index contributed by atoms with van der Waals surface area (Å²) in [7, 11) is 0. The van der Waals surface area contributed by atoms with Gasteiger partial charge in [0.05, 0.1) is 0 Å². The van der Waals surface area contributed by atoms with E-state index < -0.39 is 11.9 Å². The maximum atomic E-state index is 12.8. The van der Waals surface area contributed by atoms with Crippen molar-refractivity contribution >= 4 is 39.4 Å². The van der Waals surface area contributed by atoms with Gasteiger partial charge in [-0.1, -0.05) is 40.2 Å². The van der Waals surface area contributed by atoms with Crippen LogP contribution in [0.4, 0.5) is 0 Å². The summed E-state index contributed by atoms with van der Waals surface area (Å²) in [5.41, 5.74) is 4.56. The molecule has 0 radical (unpaired) electrons. The monoisotopic (exact) mass is 482 g/mol. The zero-order chi connectivity index (χ0) is 22.1. The van der Waals surface area contributed by atoms with E-state index in [1.54, 1.807) is 6.07 Å². The zero-order valence-corrected chi connectivity index (χ0v) is 18.8. The molecule has 0 bridgehead atoms. The Labute approximate surface area is 189 Å². The van der Waals surface area contributed by atoms with Gasteiger partial charge in [0.1, 0.15) is 11.8 Å². The number of nitrogens with zero attached hydrogens (tertiary/aromatic N) is 1. The Bertz CT molecular complexity index is 1090. The summed E-state index contributed by atoms with van der Waals surface area (Å²) in [5.74, 6) is -0.719. The topological polar surface area (TPSA) is 83.6 Å². The number of fused-ring (bicyclic) bond motifs is 1. The van der Waals surface area contributed by atoms with Crippen LogP contribution in [0, 0.1) is 6.92 Å². The van der Waals surface area contributed by atoms with Gasteiger partial charge in [-0.25, -0.2) is 0 Å². The second kappa shape index (κ2) is 8.75. The number of rotatable bonds is 6. The lowest BCUT2D eigenvalue weighted by Gasteiger charge is -2.29. The number of hydrogen-bond donors (Lipinski definition) is 1. The van der Waals surface area contributed by atoms with Crippen molar-refractivity contribution in [2.24, 2.45) is 0 Å². The van der Waals surface area contributed by atoms with Gasteiger partial charge >= 0.3 is 0 Å². The minimum absolute atomic E-state index is 0.170. The number of carbonyl (C=O) groups is 4. The van der Waals surface area contributed by atoms with Crippen LogP contribution in [-0.2, 0) is 33.8 Å². The predicted molar refractivity (Wildman–Crippen MR) is 118 cm³/mol. The molecular weight excluding hydrogens is 460 g/mol. The van der Waals surface area contributed by atoms with Gasteiger partial charge in [-0.2, -0.15) is 0 Å². The summed E-state index contributed by atoms with van der Waals surface area (Å²) in [6.07, 6.45) is 2.02. The van der Waals surface area contributed by atoms with Crippen molar-refractivity contribution in [2.45, 2.75) is 51.6 Å². The Kier molecular flexibility index (Phi) is 6.05. The van der Waals surface area contributed by atoms with Crippen molar-refractivity contribution in [3.63, 3.8) is 0 Å². The van der Waals surface area contributed by atoms with E-state index in [4.69, 9.17) is 0 Å². The zero-order valence-electron chi connectivity index (χ0n) is 17.2. The van der Waals surface area contributed by atoms with E-state index >= 15 is 0 Å². The molecule has 6 nitrogen and oxygen atoms in total. The number of benzene rings is 2. The molecule has 3 amide bonds. The number of amides is 3. The summed E-state index contributed by atoms with van der Waals surface area (Å²) in [6, 6.07) is 10.9. The molecule has 2 aromatic carbocycles. The summed E-state index contributed by atoms with van der Waals surface area (Å²) in [6.45, 7) is 2.35. The lowest BCUT2D eigenvalue weighted by molar-refractivity contribution is -0.137. The van der Waals surface area contributed by atoms with Gasteiger partial charge in [0.15, 0.2) is 0 Å². The Morgan fingerprint density at radius 3 is 2.65 bits per heavy atom. The fraction of sp³-hybridized carbons (Fsp3) is 0.333. The van der Waals surface area contributed by atoms with Crippen LogP contribution >= 0.6 is 15.9 Å². The smallest absolute Gasteiger partial charge is 0.255 e. The van der Waals surface area contributed by atoms with Crippen LogP contribution in [-0.4, -0.2) is 34.4 Å². The average Bonchev–Trinajstić information content (AvgIpc) is 3.05. The summed E-state index contributed by atoms with van der Waals surface area (Å²) < 4.78 is 1.03. The SMILES string of the molecule is Cc1cc(CC(=O)CCc2ccc3c(c2)CN(C2CCC(=O)NC2=O)C3=O)ccc1Br. The fourth-order valence-corrected chi connectivity index (χ4v) is 4.45. The Balaban J connectivity index is 1.38. The van der Waals surface area contributed by atoms with Crippen LogP contribution in [0.5, 0.6) is 0 Å². The average molecular weight is 483 g/mol. The first kappa shape index (κ1) is 21.4. The van der Waals surface area contributed by atoms with Gasteiger partial charge < -0.3 is 4.90 Å². The van der Waals surface area contributed by atoms with Gasteiger partial charge in [0, 0.05) is 35.8 Å². The highest BCUT2D eigenvalue weighted by atomic mass is 79.9. The van der Waals surface area contributed by atoms with E-state index in [0.717, 1.165) is 26.7 Å². The lowest BCUT2D eigenvalue weighted by atomic mass is 9.99. The molecule has 1 N–H and O–H groups in total. The van der Waals surface area contributed by atoms with Crippen LogP contribution in [0.25, 0.3) is 0 Å². The first-order valence-electron chi connectivity index (χ1n) is 10.3. The van der Waals surface area contributed by atoms with E-state index in [1.165, 1.54) is 4.90 Å². The van der Waals surface area contributed by atoms with Crippen molar-refractivity contribution in [2.75, 3.05) is 0 Å². The molecule has 2 aliphatic heterocycles. The van der Waals surface area contributed by atoms with Gasteiger partial charge in [-0.15, -0.1) is 0 Å². The number of aryl methyl sites for hydroxylation is 2. The number of imide groups is 1. The van der Waals surface area contributed by atoms with Gasteiger partial charge in [0.2, 0.25) is 11.8 Å². The van der Waals surface area contributed by atoms with Crippen molar-refractivity contribution in [1.29, 1.82) is 0 Å². The van der Waals surface area contributed by atoms with Crippen molar-refractivity contribution in [1.82, 2.24) is 10.2 Å². The number of nitrogens with one attached hydrogen (secondary N) is 1. The van der Waals surface area contributed by atoms with Gasteiger partial charge in [-0.3, -0.25) is 24.5 Å². The van der Waals surface area contributed by atoms with Crippen LogP contribution in [0.2, 0.25) is 0 Å². The third-order valence-corrected chi connectivity index (χ3v) is 6.79. The second-order valence-corrected chi connectivity index (χ2v) is 9.04. The molecule has 4 rings (SSSR count). The largest absolute Gasteiger partial charge is 0.322 e. The van der Waals surface area contributed by atoms with E-state index in [1.807, 2.05) is 37.3 Å². The van der Waals surface area contributed by atoms with Crippen LogP contribution in [0.1, 0.15) is 51.9 Å². The second-order valence-electron chi connectivity index (χ2n) is 8.19. The Hall–Kier alpha value is -2.80. The van der Waals surface area contributed by atoms with Crippen molar-refractivity contribution in [3.05, 3.63) is 68.7 Å². The first-order chi connectivity index (χ1) is 14.8. The van der Waals surface area contributed by atoms with Gasteiger partial charge in [0.25, 0.3) is 5.91 Å². The molecule has 2 aromatic rings. The molecule has 0 aliphatic carbocycles. The molecular formula is C24H23BrN2O4. The summed E-state index contributed by atoms with van der Waals surface area (Å²) in [5, 5.41) is 2.31. The molecule has 1 atom stereocenters. The number of carbonyl (C=O) groups excluding carboxylic acids is 4. The molecule has 31 heavy (non-hydrogen) atoms. The summed E-state index contributed by atoms with van der Waals surface area (Å²) >= 11 is 3.47. The van der Waals surface area contributed by atoms with Crippen molar-refractivity contribution in [3.8, 4) is 0 Å². The molecule has 1 fully saturated rings.